The summed E-state index contributed by atoms with van der Waals surface area (Å²) in [5.74, 6) is 0.188. The number of carbonyl (C=O) groups excluding carboxylic acids is 1. The molecule has 1 aromatic rings. The molecule has 2 unspecified atom stereocenters. The summed E-state index contributed by atoms with van der Waals surface area (Å²) in [7, 11) is 1.85. The lowest BCUT2D eigenvalue weighted by Crippen LogP contribution is -2.35. The number of ether oxygens (including phenoxy) is 1. The Bertz CT molecular complexity index is 436. The van der Waals surface area contributed by atoms with Crippen LogP contribution in [0.3, 0.4) is 0 Å². The molecule has 2 rings (SSSR count). The standard InChI is InChI=1S/C14H18BrNO2/c1-10-12(7-8-18-10)14(17)16(2)9-11-5-3-4-6-13(11)15/h3-6,10,12H,7-9H2,1-2H3. The van der Waals surface area contributed by atoms with E-state index in [9.17, 15) is 4.79 Å². The molecule has 1 aliphatic heterocycles. The molecule has 4 heteroatoms. The zero-order valence-corrected chi connectivity index (χ0v) is 12.3. The highest BCUT2D eigenvalue weighted by atomic mass is 79.9. The molecule has 1 amide bonds. The Kier molecular flexibility index (Phi) is 4.40. The van der Waals surface area contributed by atoms with Crippen molar-refractivity contribution in [3.05, 3.63) is 34.3 Å². The highest BCUT2D eigenvalue weighted by molar-refractivity contribution is 9.10. The minimum atomic E-state index is 0.0116. The largest absolute Gasteiger partial charge is 0.378 e. The first-order valence-electron chi connectivity index (χ1n) is 6.19. The van der Waals surface area contributed by atoms with Gasteiger partial charge < -0.3 is 9.64 Å². The van der Waals surface area contributed by atoms with Crippen LogP contribution in [0.25, 0.3) is 0 Å². The summed E-state index contributed by atoms with van der Waals surface area (Å²) in [6.45, 7) is 3.30. The summed E-state index contributed by atoms with van der Waals surface area (Å²) in [6.07, 6.45) is 0.875. The van der Waals surface area contributed by atoms with E-state index in [1.165, 1.54) is 0 Å². The molecule has 0 saturated carbocycles. The summed E-state index contributed by atoms with van der Waals surface area (Å²) in [4.78, 5) is 14.1. The first-order chi connectivity index (χ1) is 8.59. The van der Waals surface area contributed by atoms with Crippen LogP contribution in [0, 0.1) is 5.92 Å². The van der Waals surface area contributed by atoms with Crippen LogP contribution in [-0.4, -0.2) is 30.6 Å². The van der Waals surface area contributed by atoms with Gasteiger partial charge in [0, 0.05) is 24.7 Å². The molecule has 3 nitrogen and oxygen atoms in total. The molecule has 0 N–H and O–H groups in total. The third-order valence-electron chi connectivity index (χ3n) is 3.44. The predicted molar refractivity (Wildman–Crippen MR) is 74.1 cm³/mol. The monoisotopic (exact) mass is 311 g/mol. The molecular formula is C14H18BrNO2. The van der Waals surface area contributed by atoms with Gasteiger partial charge in [-0.1, -0.05) is 34.1 Å². The van der Waals surface area contributed by atoms with Crippen LogP contribution in [-0.2, 0) is 16.1 Å². The van der Waals surface area contributed by atoms with Crippen LogP contribution in [0.5, 0.6) is 0 Å². The minimum Gasteiger partial charge on any atom is -0.378 e. The van der Waals surface area contributed by atoms with Crippen molar-refractivity contribution in [1.29, 1.82) is 0 Å². The van der Waals surface area contributed by atoms with E-state index < -0.39 is 0 Å². The average Bonchev–Trinajstić information content (AvgIpc) is 2.77. The second-order valence-corrected chi connectivity index (χ2v) is 5.61. The summed E-state index contributed by atoms with van der Waals surface area (Å²) in [5.41, 5.74) is 1.12. The Morgan fingerprint density at radius 2 is 2.22 bits per heavy atom. The van der Waals surface area contributed by atoms with Crippen LogP contribution < -0.4 is 0 Å². The summed E-state index contributed by atoms with van der Waals surface area (Å²) >= 11 is 3.51. The molecular weight excluding hydrogens is 294 g/mol. The third-order valence-corrected chi connectivity index (χ3v) is 4.21. The van der Waals surface area contributed by atoms with Crippen molar-refractivity contribution >= 4 is 21.8 Å². The summed E-state index contributed by atoms with van der Waals surface area (Å²) in [6, 6.07) is 7.99. The van der Waals surface area contributed by atoms with Gasteiger partial charge in [-0.3, -0.25) is 4.79 Å². The maximum atomic E-state index is 12.3. The van der Waals surface area contributed by atoms with Crippen LogP contribution in [0.4, 0.5) is 0 Å². The first-order valence-corrected chi connectivity index (χ1v) is 6.99. The topological polar surface area (TPSA) is 29.5 Å². The quantitative estimate of drug-likeness (QED) is 0.859. The van der Waals surface area contributed by atoms with E-state index in [0.717, 1.165) is 16.5 Å². The Labute approximate surface area is 116 Å². The number of nitrogens with zero attached hydrogens (tertiary/aromatic N) is 1. The molecule has 0 spiro atoms. The van der Waals surface area contributed by atoms with Gasteiger partial charge in [-0.05, 0) is 25.0 Å². The molecule has 0 aliphatic carbocycles. The fourth-order valence-corrected chi connectivity index (χ4v) is 2.71. The van der Waals surface area contributed by atoms with Crippen molar-refractivity contribution < 1.29 is 9.53 Å². The van der Waals surface area contributed by atoms with Crippen LogP contribution in [0.1, 0.15) is 18.9 Å². The van der Waals surface area contributed by atoms with Gasteiger partial charge in [-0.25, -0.2) is 0 Å². The van der Waals surface area contributed by atoms with Crippen molar-refractivity contribution in [3.63, 3.8) is 0 Å². The number of hydrogen-bond donors (Lipinski definition) is 0. The zero-order chi connectivity index (χ0) is 13.1. The van der Waals surface area contributed by atoms with E-state index in [4.69, 9.17) is 4.74 Å². The fourth-order valence-electron chi connectivity index (χ4n) is 2.30. The highest BCUT2D eigenvalue weighted by Gasteiger charge is 2.32. The van der Waals surface area contributed by atoms with Crippen LogP contribution >= 0.6 is 15.9 Å². The van der Waals surface area contributed by atoms with Crippen LogP contribution in [0.15, 0.2) is 28.7 Å². The number of rotatable bonds is 3. The number of halogens is 1. The molecule has 1 saturated heterocycles. The van der Waals surface area contributed by atoms with Crippen molar-refractivity contribution in [2.75, 3.05) is 13.7 Å². The van der Waals surface area contributed by atoms with E-state index in [1.807, 2.05) is 38.2 Å². The molecule has 0 radical (unpaired) electrons. The highest BCUT2D eigenvalue weighted by Crippen LogP contribution is 2.24. The minimum absolute atomic E-state index is 0.0116. The lowest BCUT2D eigenvalue weighted by Gasteiger charge is -2.23. The summed E-state index contributed by atoms with van der Waals surface area (Å²) in [5, 5.41) is 0. The molecule has 1 aliphatic rings. The molecule has 0 bridgehead atoms. The van der Waals surface area contributed by atoms with Gasteiger partial charge in [-0.15, -0.1) is 0 Å². The molecule has 0 aromatic heterocycles. The fraction of sp³-hybridized carbons (Fsp3) is 0.500. The smallest absolute Gasteiger partial charge is 0.228 e. The van der Waals surface area contributed by atoms with Gasteiger partial charge in [0.15, 0.2) is 0 Å². The maximum absolute atomic E-state index is 12.3. The lowest BCUT2D eigenvalue weighted by atomic mass is 10.0. The van der Waals surface area contributed by atoms with Crippen molar-refractivity contribution in [2.24, 2.45) is 5.92 Å². The molecule has 1 fully saturated rings. The van der Waals surface area contributed by atoms with Gasteiger partial charge in [-0.2, -0.15) is 0 Å². The molecule has 1 heterocycles. The molecule has 2 atom stereocenters. The SMILES string of the molecule is CC1OCCC1C(=O)N(C)Cc1ccccc1Br. The average molecular weight is 312 g/mol. The Balaban J connectivity index is 2.01. The van der Waals surface area contributed by atoms with E-state index in [0.29, 0.717) is 13.2 Å². The normalized spacial score (nSPS) is 23.1. The van der Waals surface area contributed by atoms with E-state index in [-0.39, 0.29) is 17.9 Å². The van der Waals surface area contributed by atoms with Crippen molar-refractivity contribution in [2.45, 2.75) is 26.0 Å². The third kappa shape index (κ3) is 2.93. The van der Waals surface area contributed by atoms with Gasteiger partial charge in [0.2, 0.25) is 5.91 Å². The van der Waals surface area contributed by atoms with Gasteiger partial charge in [0.05, 0.1) is 12.0 Å². The van der Waals surface area contributed by atoms with E-state index in [1.54, 1.807) is 4.90 Å². The number of amides is 1. The first kappa shape index (κ1) is 13.6. The molecule has 1 aromatic carbocycles. The van der Waals surface area contributed by atoms with Gasteiger partial charge >= 0.3 is 0 Å². The number of hydrogen-bond acceptors (Lipinski definition) is 2. The molecule has 98 valence electrons. The Morgan fingerprint density at radius 1 is 1.50 bits per heavy atom. The van der Waals surface area contributed by atoms with E-state index >= 15 is 0 Å². The van der Waals surface area contributed by atoms with Crippen molar-refractivity contribution in [1.82, 2.24) is 4.90 Å². The predicted octanol–water partition coefficient (Wildman–Crippen LogP) is 2.83. The van der Waals surface area contributed by atoms with Gasteiger partial charge in [0.1, 0.15) is 0 Å². The second kappa shape index (κ2) is 5.85. The number of benzene rings is 1. The molecule has 18 heavy (non-hydrogen) atoms. The Morgan fingerprint density at radius 3 is 2.83 bits per heavy atom. The van der Waals surface area contributed by atoms with Crippen molar-refractivity contribution in [3.8, 4) is 0 Å². The number of carbonyl (C=O) groups is 1. The summed E-state index contributed by atoms with van der Waals surface area (Å²) < 4.78 is 6.50. The maximum Gasteiger partial charge on any atom is 0.228 e. The lowest BCUT2D eigenvalue weighted by molar-refractivity contribution is -0.136. The van der Waals surface area contributed by atoms with Gasteiger partial charge in [0.25, 0.3) is 0 Å². The second-order valence-electron chi connectivity index (χ2n) is 4.76. The van der Waals surface area contributed by atoms with E-state index in [2.05, 4.69) is 15.9 Å². The van der Waals surface area contributed by atoms with Crippen LogP contribution in [0.2, 0.25) is 0 Å². The Hall–Kier alpha value is -0.870. The zero-order valence-electron chi connectivity index (χ0n) is 10.7.